The Morgan fingerprint density at radius 3 is 2.31 bits per heavy atom. The summed E-state index contributed by atoms with van der Waals surface area (Å²) >= 11 is 5.59. The predicted molar refractivity (Wildman–Crippen MR) is 206 cm³/mol. The van der Waals surface area contributed by atoms with Crippen LogP contribution in [0.15, 0.2) is 54.6 Å². The number of ether oxygens (including phenoxy) is 4. The maximum atomic E-state index is 13.3. The van der Waals surface area contributed by atoms with Crippen LogP contribution >= 0.6 is 11.6 Å². The Kier molecular flexibility index (Phi) is 10.8. The van der Waals surface area contributed by atoms with Crippen molar-refractivity contribution in [3.05, 3.63) is 88.1 Å². The number of nitrogens with zero attached hydrogens (tertiary/aromatic N) is 4. The van der Waals surface area contributed by atoms with E-state index < -0.39 is 11.4 Å². The summed E-state index contributed by atoms with van der Waals surface area (Å²) in [7, 11) is 0. The molecule has 1 aliphatic heterocycles. The minimum Gasteiger partial charge on any atom is -0.486 e. The molecule has 288 valence electrons. The van der Waals surface area contributed by atoms with E-state index in [0.717, 1.165) is 67.5 Å². The van der Waals surface area contributed by atoms with Crippen LogP contribution in [-0.4, -0.2) is 63.5 Å². The Labute approximate surface area is 326 Å². The number of esters is 1. The molecule has 2 aromatic carbocycles. The second-order valence-corrected chi connectivity index (χ2v) is 15.5. The molecule has 1 atom stereocenters. The third-order valence-electron chi connectivity index (χ3n) is 11.3. The van der Waals surface area contributed by atoms with Crippen LogP contribution in [0.1, 0.15) is 109 Å². The third-order valence-corrected chi connectivity index (χ3v) is 11.4. The standard InChI is InChI=1S/C43H47ClN4O7/c1-3-28-23-31(16-17-32(28)29-19-21-47(22-20-29)43(51)53-25-27-13-14-27)54-36-18-15-30-7-5-8-33(38(30)36)34-9-6-10-37(45-34)48-35(4-2)39(40(46-48)55-42(44)50)41(49)52-24-26-11-12-26/h5-10,16-17,23,26-27,29,36H,3-4,11-15,18-22,24-25H2,1-2H3/t36-/m0/s1. The molecule has 0 radical (unpaired) electrons. The highest BCUT2D eigenvalue weighted by Crippen LogP contribution is 2.42. The summed E-state index contributed by atoms with van der Waals surface area (Å²) in [5, 5.41) is 4.50. The Bertz CT molecular complexity index is 2080. The number of halogens is 1. The van der Waals surface area contributed by atoms with Gasteiger partial charge in [0.25, 0.3) is 5.88 Å². The molecule has 2 aromatic heterocycles. The number of aryl methyl sites for hydroxylation is 2. The smallest absolute Gasteiger partial charge is 0.410 e. The first kappa shape index (κ1) is 37.0. The lowest BCUT2D eigenvalue weighted by Gasteiger charge is -2.32. The van der Waals surface area contributed by atoms with E-state index in [1.165, 1.54) is 34.2 Å². The van der Waals surface area contributed by atoms with Crippen LogP contribution in [0, 0.1) is 11.8 Å². The molecule has 4 aliphatic rings. The molecule has 0 bridgehead atoms. The fraction of sp³-hybridized carbons (Fsp3) is 0.465. The molecule has 0 unspecified atom stereocenters. The first-order valence-corrected chi connectivity index (χ1v) is 20.1. The number of aromatic nitrogens is 3. The van der Waals surface area contributed by atoms with E-state index in [0.29, 0.717) is 62.0 Å². The number of amides is 1. The second-order valence-electron chi connectivity index (χ2n) is 15.2. The summed E-state index contributed by atoms with van der Waals surface area (Å²) < 4.78 is 24.6. The lowest BCUT2D eigenvalue weighted by molar-refractivity contribution is 0.0482. The zero-order valence-electron chi connectivity index (χ0n) is 31.4. The molecule has 1 saturated heterocycles. The van der Waals surface area contributed by atoms with Gasteiger partial charge in [-0.3, -0.25) is 0 Å². The van der Waals surface area contributed by atoms with E-state index in [1.807, 2.05) is 30.0 Å². The molecule has 3 heterocycles. The summed E-state index contributed by atoms with van der Waals surface area (Å²) in [4.78, 5) is 44.5. The summed E-state index contributed by atoms with van der Waals surface area (Å²) in [6, 6.07) is 18.4. The number of fused-ring (bicyclic) bond motifs is 1. The highest BCUT2D eigenvalue weighted by atomic mass is 35.5. The fourth-order valence-corrected chi connectivity index (χ4v) is 8.06. The van der Waals surface area contributed by atoms with E-state index in [-0.39, 0.29) is 23.6 Å². The van der Waals surface area contributed by atoms with Crippen LogP contribution in [0.5, 0.6) is 11.6 Å². The van der Waals surface area contributed by atoms with Gasteiger partial charge in [0, 0.05) is 35.8 Å². The summed E-state index contributed by atoms with van der Waals surface area (Å²) in [6.45, 7) is 6.35. The van der Waals surface area contributed by atoms with Crippen molar-refractivity contribution in [1.29, 1.82) is 0 Å². The van der Waals surface area contributed by atoms with E-state index in [2.05, 4.69) is 42.4 Å². The number of hydrogen-bond acceptors (Lipinski definition) is 9. The minimum atomic E-state index is -1.10. The van der Waals surface area contributed by atoms with Crippen molar-refractivity contribution in [1.82, 2.24) is 19.7 Å². The normalized spacial score (nSPS) is 18.2. The zero-order valence-corrected chi connectivity index (χ0v) is 32.2. The van der Waals surface area contributed by atoms with Gasteiger partial charge in [0.05, 0.1) is 24.6 Å². The number of benzene rings is 2. The number of carbonyl (C=O) groups excluding carboxylic acids is 3. The highest BCUT2D eigenvalue weighted by molar-refractivity contribution is 6.61. The van der Waals surface area contributed by atoms with Gasteiger partial charge in [0.15, 0.2) is 5.82 Å². The van der Waals surface area contributed by atoms with Crippen molar-refractivity contribution in [3.8, 4) is 28.7 Å². The maximum Gasteiger partial charge on any atom is 0.410 e. The molecule has 12 heteroatoms. The summed E-state index contributed by atoms with van der Waals surface area (Å²) in [6.07, 6.45) is 8.88. The van der Waals surface area contributed by atoms with Crippen LogP contribution < -0.4 is 9.47 Å². The van der Waals surface area contributed by atoms with Gasteiger partial charge >= 0.3 is 17.5 Å². The number of rotatable bonds is 13. The minimum absolute atomic E-state index is 0.0742. The molecule has 11 nitrogen and oxygen atoms in total. The molecule has 1 amide bonds. The average molecular weight is 767 g/mol. The highest BCUT2D eigenvalue weighted by Gasteiger charge is 2.33. The van der Waals surface area contributed by atoms with Crippen LogP contribution in [0.25, 0.3) is 17.1 Å². The van der Waals surface area contributed by atoms with Gasteiger partial charge in [-0.2, -0.15) is 0 Å². The van der Waals surface area contributed by atoms with Crippen molar-refractivity contribution in [2.24, 2.45) is 11.8 Å². The number of pyridine rings is 1. The van der Waals surface area contributed by atoms with E-state index >= 15 is 0 Å². The van der Waals surface area contributed by atoms with Gasteiger partial charge in [-0.05, 0) is 123 Å². The largest absolute Gasteiger partial charge is 0.486 e. The number of carbonyl (C=O) groups is 3. The van der Waals surface area contributed by atoms with Gasteiger partial charge in [-0.15, -0.1) is 5.10 Å². The Hall–Kier alpha value is -4.90. The molecular weight excluding hydrogens is 720 g/mol. The third kappa shape index (κ3) is 8.22. The molecule has 55 heavy (non-hydrogen) atoms. The zero-order chi connectivity index (χ0) is 38.1. The Balaban J connectivity index is 1.02. The molecule has 4 aromatic rings. The van der Waals surface area contributed by atoms with Crippen molar-refractivity contribution >= 4 is 29.1 Å². The number of hydrogen-bond donors (Lipinski definition) is 0. The van der Waals surface area contributed by atoms with Crippen molar-refractivity contribution in [3.63, 3.8) is 0 Å². The van der Waals surface area contributed by atoms with E-state index in [4.69, 9.17) is 35.5 Å². The summed E-state index contributed by atoms with van der Waals surface area (Å²) in [5.74, 6) is 1.80. The summed E-state index contributed by atoms with van der Waals surface area (Å²) in [5.41, 5.74) is 6.09. The molecule has 2 saturated carbocycles. The molecule has 0 N–H and O–H groups in total. The Morgan fingerprint density at radius 2 is 1.60 bits per heavy atom. The number of piperidine rings is 1. The van der Waals surface area contributed by atoms with Gasteiger partial charge in [0.2, 0.25) is 0 Å². The van der Waals surface area contributed by atoms with Crippen LogP contribution in [0.4, 0.5) is 9.59 Å². The average Bonchev–Trinajstić information content (AvgIpc) is 4.14. The lowest BCUT2D eigenvalue weighted by Crippen LogP contribution is -2.38. The molecule has 8 rings (SSSR count). The van der Waals surface area contributed by atoms with Crippen molar-refractivity contribution < 1.29 is 33.3 Å². The van der Waals surface area contributed by atoms with Crippen molar-refractivity contribution in [2.45, 2.75) is 90.1 Å². The molecule has 3 fully saturated rings. The van der Waals surface area contributed by atoms with E-state index in [9.17, 15) is 14.4 Å². The monoisotopic (exact) mass is 766 g/mol. The first-order chi connectivity index (χ1) is 26.8. The predicted octanol–water partition coefficient (Wildman–Crippen LogP) is 9.16. The second kappa shape index (κ2) is 16.1. The molecule has 0 spiro atoms. The van der Waals surface area contributed by atoms with E-state index in [1.54, 1.807) is 6.07 Å². The molecule has 3 aliphatic carbocycles. The van der Waals surface area contributed by atoms with Crippen LogP contribution in [-0.2, 0) is 28.7 Å². The topological polar surface area (TPSA) is 122 Å². The van der Waals surface area contributed by atoms with Crippen LogP contribution in [0.3, 0.4) is 0 Å². The van der Waals surface area contributed by atoms with Gasteiger partial charge < -0.3 is 23.8 Å². The molecular formula is C43H47ClN4O7. The number of likely N-dealkylation sites (tertiary alicyclic amines) is 1. The van der Waals surface area contributed by atoms with Gasteiger partial charge in [0.1, 0.15) is 17.4 Å². The first-order valence-electron chi connectivity index (χ1n) is 19.8. The SMILES string of the molecule is CCc1cc(O[C@H]2CCc3cccc(-c4cccc(-n5nc(OC(=O)Cl)c(C(=O)OCC6CC6)c5CC)n4)c32)ccc1C1CCN(C(=O)OCC2CC2)CC1. The van der Waals surface area contributed by atoms with Crippen molar-refractivity contribution in [2.75, 3.05) is 26.3 Å². The van der Waals surface area contributed by atoms with Gasteiger partial charge in [-0.1, -0.05) is 44.2 Å². The van der Waals surface area contributed by atoms with Crippen LogP contribution in [0.2, 0.25) is 0 Å². The quantitative estimate of drug-likeness (QED) is 0.0969. The maximum absolute atomic E-state index is 13.3. The Morgan fingerprint density at radius 1 is 0.855 bits per heavy atom. The fourth-order valence-electron chi connectivity index (χ4n) is 7.99. The van der Waals surface area contributed by atoms with Gasteiger partial charge in [-0.25, -0.2) is 24.0 Å². The lowest BCUT2D eigenvalue weighted by atomic mass is 9.86.